The molecule has 4 heteroatoms. The van der Waals surface area contributed by atoms with E-state index in [1.54, 1.807) is 0 Å². The first-order valence-electron chi connectivity index (χ1n) is 7.73. The predicted molar refractivity (Wildman–Crippen MR) is 82.7 cm³/mol. The van der Waals surface area contributed by atoms with Crippen LogP contribution < -0.4 is 11.1 Å². The van der Waals surface area contributed by atoms with E-state index in [4.69, 9.17) is 10.9 Å². The first-order chi connectivity index (χ1) is 9.04. The Kier molecular flexibility index (Phi) is 10.6. The molecule has 0 saturated carbocycles. The van der Waals surface area contributed by atoms with Crippen molar-refractivity contribution in [3.8, 4) is 0 Å². The Hall–Kier alpha value is -0.770. The molecule has 0 bridgehead atoms. The predicted octanol–water partition coefficient (Wildman–Crippen LogP) is 3.49. The maximum atomic E-state index is 8.68. The Morgan fingerprint density at radius 1 is 1.05 bits per heavy atom. The van der Waals surface area contributed by atoms with E-state index in [-0.39, 0.29) is 5.41 Å². The number of oxime groups is 1. The van der Waals surface area contributed by atoms with E-state index in [9.17, 15) is 0 Å². The number of hydrogen-bond donors (Lipinski definition) is 3. The molecule has 0 aromatic rings. The molecule has 0 unspecified atom stereocenters. The summed E-state index contributed by atoms with van der Waals surface area (Å²) in [4.78, 5) is 0. The minimum Gasteiger partial charge on any atom is -0.409 e. The van der Waals surface area contributed by atoms with Crippen LogP contribution in [0.25, 0.3) is 0 Å². The zero-order valence-electron chi connectivity index (χ0n) is 13.0. The van der Waals surface area contributed by atoms with Gasteiger partial charge in [0.05, 0.1) is 0 Å². The van der Waals surface area contributed by atoms with Crippen LogP contribution in [0.3, 0.4) is 0 Å². The number of amidine groups is 1. The maximum absolute atomic E-state index is 8.68. The Bertz CT molecular complexity index is 240. The molecule has 0 aliphatic heterocycles. The highest BCUT2D eigenvalue weighted by atomic mass is 16.4. The van der Waals surface area contributed by atoms with Crippen LogP contribution in [0.4, 0.5) is 0 Å². The molecule has 0 heterocycles. The molecule has 0 aliphatic carbocycles. The van der Waals surface area contributed by atoms with Crippen molar-refractivity contribution in [2.75, 3.05) is 13.1 Å². The van der Waals surface area contributed by atoms with Gasteiger partial charge in [0.25, 0.3) is 0 Å². The van der Waals surface area contributed by atoms with Gasteiger partial charge in [-0.2, -0.15) is 0 Å². The van der Waals surface area contributed by atoms with Crippen LogP contribution >= 0.6 is 0 Å². The van der Waals surface area contributed by atoms with Crippen molar-refractivity contribution in [2.24, 2.45) is 16.3 Å². The number of hydrogen-bond acceptors (Lipinski definition) is 3. The molecule has 19 heavy (non-hydrogen) atoms. The quantitative estimate of drug-likeness (QED) is 0.167. The lowest BCUT2D eigenvalue weighted by Crippen LogP contribution is -2.32. The van der Waals surface area contributed by atoms with Gasteiger partial charge >= 0.3 is 0 Å². The van der Waals surface area contributed by atoms with Gasteiger partial charge in [0.15, 0.2) is 0 Å². The largest absolute Gasteiger partial charge is 0.409 e. The highest BCUT2D eigenvalue weighted by Gasteiger charge is 2.22. The van der Waals surface area contributed by atoms with Gasteiger partial charge in [-0.1, -0.05) is 58.0 Å². The van der Waals surface area contributed by atoms with Crippen LogP contribution in [-0.2, 0) is 0 Å². The van der Waals surface area contributed by atoms with Crippen LogP contribution in [0.15, 0.2) is 5.16 Å². The highest BCUT2D eigenvalue weighted by Crippen LogP contribution is 2.21. The first-order valence-corrected chi connectivity index (χ1v) is 7.73. The molecule has 4 nitrogen and oxygen atoms in total. The summed E-state index contributed by atoms with van der Waals surface area (Å²) in [6, 6.07) is 0. The molecule has 0 fully saturated rings. The van der Waals surface area contributed by atoms with E-state index in [2.05, 4.69) is 17.4 Å². The standard InChI is InChI=1S/C15H33N3O/c1-4-5-6-7-8-9-12-17-13-10-11-15(2,3)14(16)18-19/h17,19H,4-13H2,1-3H3,(H2,16,18). The number of nitrogens with two attached hydrogens (primary N) is 1. The van der Waals surface area contributed by atoms with Crippen LogP contribution in [0.2, 0.25) is 0 Å². The highest BCUT2D eigenvalue weighted by molar-refractivity contribution is 5.85. The van der Waals surface area contributed by atoms with Gasteiger partial charge in [-0.05, 0) is 32.4 Å². The molecule has 4 N–H and O–H groups in total. The molecule has 0 spiro atoms. The van der Waals surface area contributed by atoms with Crippen LogP contribution in [0, 0.1) is 5.41 Å². The summed E-state index contributed by atoms with van der Waals surface area (Å²) in [5, 5.41) is 15.2. The molecule has 0 atom stereocenters. The van der Waals surface area contributed by atoms with Gasteiger partial charge < -0.3 is 16.3 Å². The number of unbranched alkanes of at least 4 members (excludes halogenated alkanes) is 5. The van der Waals surface area contributed by atoms with Crippen molar-refractivity contribution in [2.45, 2.75) is 72.1 Å². The topological polar surface area (TPSA) is 70.6 Å². The zero-order chi connectivity index (χ0) is 14.6. The fourth-order valence-electron chi connectivity index (χ4n) is 2.07. The molecule has 0 rings (SSSR count). The Labute approximate surface area is 118 Å². The van der Waals surface area contributed by atoms with E-state index in [0.717, 1.165) is 25.9 Å². The average Bonchev–Trinajstić information content (AvgIpc) is 2.39. The summed E-state index contributed by atoms with van der Waals surface area (Å²) >= 11 is 0. The minimum atomic E-state index is -0.212. The van der Waals surface area contributed by atoms with Gasteiger partial charge in [0, 0.05) is 5.41 Å². The van der Waals surface area contributed by atoms with Gasteiger partial charge in [-0.25, -0.2) is 0 Å². The third-order valence-electron chi connectivity index (χ3n) is 3.66. The average molecular weight is 271 g/mol. The van der Waals surface area contributed by atoms with Crippen molar-refractivity contribution >= 4 is 5.84 Å². The van der Waals surface area contributed by atoms with Crippen LogP contribution in [0.5, 0.6) is 0 Å². The molecule has 0 amide bonds. The molecular formula is C15H33N3O. The van der Waals surface area contributed by atoms with E-state index < -0.39 is 0 Å². The van der Waals surface area contributed by atoms with Gasteiger partial charge in [-0.3, -0.25) is 0 Å². The fraction of sp³-hybridized carbons (Fsp3) is 0.933. The minimum absolute atomic E-state index is 0.212. The lowest BCUT2D eigenvalue weighted by Gasteiger charge is -2.22. The third kappa shape index (κ3) is 9.77. The molecule has 114 valence electrons. The number of nitrogens with zero attached hydrogens (tertiary/aromatic N) is 1. The second-order valence-electron chi connectivity index (χ2n) is 5.99. The molecule has 0 saturated heterocycles. The lowest BCUT2D eigenvalue weighted by molar-refractivity contribution is 0.304. The van der Waals surface area contributed by atoms with Crippen molar-refractivity contribution in [3.63, 3.8) is 0 Å². The molecular weight excluding hydrogens is 238 g/mol. The fourth-order valence-corrected chi connectivity index (χ4v) is 2.07. The molecule has 0 radical (unpaired) electrons. The summed E-state index contributed by atoms with van der Waals surface area (Å²) in [7, 11) is 0. The summed E-state index contributed by atoms with van der Waals surface area (Å²) in [6.45, 7) is 8.39. The van der Waals surface area contributed by atoms with Gasteiger partial charge in [0.2, 0.25) is 0 Å². The van der Waals surface area contributed by atoms with Crippen molar-refractivity contribution in [3.05, 3.63) is 0 Å². The zero-order valence-corrected chi connectivity index (χ0v) is 13.0. The van der Waals surface area contributed by atoms with E-state index >= 15 is 0 Å². The third-order valence-corrected chi connectivity index (χ3v) is 3.66. The summed E-state index contributed by atoms with van der Waals surface area (Å²) in [5.74, 6) is 0.323. The van der Waals surface area contributed by atoms with Crippen molar-refractivity contribution in [1.82, 2.24) is 5.32 Å². The Morgan fingerprint density at radius 2 is 1.63 bits per heavy atom. The molecule has 0 aromatic carbocycles. The van der Waals surface area contributed by atoms with Gasteiger partial charge in [-0.15, -0.1) is 0 Å². The second kappa shape index (κ2) is 11.1. The van der Waals surface area contributed by atoms with E-state index in [1.165, 1.54) is 38.5 Å². The van der Waals surface area contributed by atoms with Crippen molar-refractivity contribution in [1.29, 1.82) is 0 Å². The number of rotatable bonds is 12. The maximum Gasteiger partial charge on any atom is 0.144 e. The first kappa shape index (κ1) is 18.2. The van der Waals surface area contributed by atoms with Crippen molar-refractivity contribution < 1.29 is 5.21 Å². The summed E-state index contributed by atoms with van der Waals surface area (Å²) < 4.78 is 0. The SMILES string of the molecule is CCCCCCCCNCCCC(C)(C)C(N)=NO. The normalized spacial score (nSPS) is 12.9. The monoisotopic (exact) mass is 271 g/mol. The van der Waals surface area contributed by atoms with Crippen LogP contribution in [0.1, 0.15) is 72.1 Å². The van der Waals surface area contributed by atoms with E-state index in [1.807, 2.05) is 13.8 Å². The Balaban J connectivity index is 3.36. The van der Waals surface area contributed by atoms with Crippen LogP contribution in [-0.4, -0.2) is 24.1 Å². The Morgan fingerprint density at radius 3 is 2.26 bits per heavy atom. The molecule has 0 aliphatic rings. The summed E-state index contributed by atoms with van der Waals surface area (Å²) in [5.41, 5.74) is 5.44. The number of nitrogens with one attached hydrogen (secondary N) is 1. The smallest absolute Gasteiger partial charge is 0.144 e. The molecule has 0 aromatic heterocycles. The lowest BCUT2D eigenvalue weighted by atomic mass is 9.86. The summed E-state index contributed by atoms with van der Waals surface area (Å²) in [6.07, 6.45) is 10.0. The van der Waals surface area contributed by atoms with E-state index in [0.29, 0.717) is 5.84 Å². The second-order valence-corrected chi connectivity index (χ2v) is 5.99. The van der Waals surface area contributed by atoms with Gasteiger partial charge in [0.1, 0.15) is 5.84 Å².